The molecular formula is C21H20N4O2. The van der Waals surface area contributed by atoms with Gasteiger partial charge in [-0.05, 0) is 28.3 Å². The number of methoxy groups -OCH3 is 2. The maximum atomic E-state index is 5.30. The lowest BCUT2D eigenvalue weighted by molar-refractivity contribution is 0.397. The number of nitrogens with zero attached hydrogens (tertiary/aromatic N) is 3. The fourth-order valence-corrected chi connectivity index (χ4v) is 3.12. The molecule has 0 saturated heterocycles. The van der Waals surface area contributed by atoms with E-state index in [0.29, 0.717) is 5.88 Å². The first kappa shape index (κ1) is 17.0. The molecule has 0 bridgehead atoms. The first-order valence-corrected chi connectivity index (χ1v) is 8.67. The van der Waals surface area contributed by atoms with Crippen LogP contribution in [0.15, 0.2) is 55.2 Å². The summed E-state index contributed by atoms with van der Waals surface area (Å²) in [5.41, 5.74) is 5.45. The van der Waals surface area contributed by atoms with Gasteiger partial charge in [-0.25, -0.2) is 9.97 Å². The number of aromatic nitrogens is 4. The topological polar surface area (TPSA) is 72.9 Å². The number of fused-ring (bicyclic) bond motifs is 1. The summed E-state index contributed by atoms with van der Waals surface area (Å²) >= 11 is 0. The Labute approximate surface area is 157 Å². The molecule has 0 aromatic carbocycles. The zero-order chi connectivity index (χ0) is 18.6. The predicted octanol–water partition coefficient (Wildman–Crippen LogP) is 3.55. The number of pyridine rings is 3. The molecule has 4 aromatic heterocycles. The minimum Gasteiger partial charge on any atom is -0.495 e. The van der Waals surface area contributed by atoms with Crippen molar-refractivity contribution < 1.29 is 9.47 Å². The zero-order valence-electron chi connectivity index (χ0n) is 15.3. The van der Waals surface area contributed by atoms with Crippen molar-refractivity contribution in [3.63, 3.8) is 0 Å². The molecular weight excluding hydrogens is 340 g/mol. The smallest absolute Gasteiger partial charge is 0.212 e. The monoisotopic (exact) mass is 360 g/mol. The highest BCUT2D eigenvalue weighted by atomic mass is 16.5. The van der Waals surface area contributed by atoms with E-state index in [1.807, 2.05) is 43.0 Å². The van der Waals surface area contributed by atoms with E-state index < -0.39 is 0 Å². The number of H-pyrrole nitrogens is 1. The van der Waals surface area contributed by atoms with Crippen molar-refractivity contribution in [2.45, 2.75) is 12.8 Å². The van der Waals surface area contributed by atoms with E-state index >= 15 is 0 Å². The standard InChI is InChI=1S/C21H20N4O2/c1-26-18-8-19-17(12-24-21(19)25-13-18)7-16-6-15(9-22-10-16)5-14-3-4-20(27-2)23-11-14/h3-4,6,8-13H,5,7H2,1-2H3,(H,24,25). The SMILES string of the molecule is COc1cnc2[nH]cc(Cc3cncc(Cc4ccc(OC)nc4)c3)c2c1. The van der Waals surface area contributed by atoms with Gasteiger partial charge in [-0.2, -0.15) is 0 Å². The molecule has 4 rings (SSSR count). The molecule has 0 saturated carbocycles. The van der Waals surface area contributed by atoms with Gasteiger partial charge in [0.2, 0.25) is 5.88 Å². The van der Waals surface area contributed by atoms with E-state index in [0.717, 1.165) is 46.3 Å². The third-order valence-electron chi connectivity index (χ3n) is 4.49. The third kappa shape index (κ3) is 3.74. The molecule has 27 heavy (non-hydrogen) atoms. The van der Waals surface area contributed by atoms with Crippen LogP contribution < -0.4 is 9.47 Å². The highest BCUT2D eigenvalue weighted by Gasteiger charge is 2.08. The molecule has 136 valence electrons. The minimum atomic E-state index is 0.619. The van der Waals surface area contributed by atoms with Gasteiger partial charge < -0.3 is 14.5 Å². The highest BCUT2D eigenvalue weighted by molar-refractivity contribution is 5.81. The number of rotatable bonds is 6. The van der Waals surface area contributed by atoms with Gasteiger partial charge in [0.15, 0.2) is 0 Å². The number of ether oxygens (including phenoxy) is 2. The van der Waals surface area contributed by atoms with Crippen LogP contribution in [-0.2, 0) is 12.8 Å². The highest BCUT2D eigenvalue weighted by Crippen LogP contribution is 2.24. The van der Waals surface area contributed by atoms with Crippen LogP contribution in [0.25, 0.3) is 11.0 Å². The van der Waals surface area contributed by atoms with E-state index in [2.05, 4.69) is 26.0 Å². The van der Waals surface area contributed by atoms with Crippen LogP contribution in [0.2, 0.25) is 0 Å². The van der Waals surface area contributed by atoms with Crippen molar-refractivity contribution in [1.29, 1.82) is 0 Å². The first-order chi connectivity index (χ1) is 13.2. The Balaban J connectivity index is 1.55. The maximum absolute atomic E-state index is 5.30. The van der Waals surface area contributed by atoms with E-state index in [9.17, 15) is 0 Å². The number of nitrogens with one attached hydrogen (secondary N) is 1. The van der Waals surface area contributed by atoms with Crippen molar-refractivity contribution >= 4 is 11.0 Å². The van der Waals surface area contributed by atoms with Gasteiger partial charge >= 0.3 is 0 Å². The van der Waals surface area contributed by atoms with Gasteiger partial charge in [-0.3, -0.25) is 4.98 Å². The van der Waals surface area contributed by atoms with Crippen LogP contribution in [-0.4, -0.2) is 34.2 Å². The van der Waals surface area contributed by atoms with Gasteiger partial charge in [0.05, 0.1) is 20.4 Å². The fourth-order valence-electron chi connectivity index (χ4n) is 3.12. The van der Waals surface area contributed by atoms with Gasteiger partial charge in [-0.1, -0.05) is 12.1 Å². The maximum Gasteiger partial charge on any atom is 0.212 e. The second kappa shape index (κ2) is 7.45. The van der Waals surface area contributed by atoms with Crippen LogP contribution >= 0.6 is 0 Å². The lowest BCUT2D eigenvalue weighted by Crippen LogP contribution is -1.95. The van der Waals surface area contributed by atoms with Crippen molar-refractivity contribution in [1.82, 2.24) is 19.9 Å². The summed E-state index contributed by atoms with van der Waals surface area (Å²) in [4.78, 5) is 16.3. The minimum absolute atomic E-state index is 0.619. The molecule has 6 nitrogen and oxygen atoms in total. The molecule has 1 N–H and O–H groups in total. The Hall–Kier alpha value is -3.41. The summed E-state index contributed by atoms with van der Waals surface area (Å²) in [5, 5.41) is 1.07. The molecule has 6 heteroatoms. The lowest BCUT2D eigenvalue weighted by atomic mass is 10.0. The normalized spacial score (nSPS) is 10.9. The quantitative estimate of drug-likeness (QED) is 0.569. The average molecular weight is 360 g/mol. The molecule has 0 fully saturated rings. The Morgan fingerprint density at radius 2 is 1.70 bits per heavy atom. The fraction of sp³-hybridized carbons (Fsp3) is 0.190. The number of aromatic amines is 1. The Kier molecular flexibility index (Phi) is 4.70. The summed E-state index contributed by atoms with van der Waals surface area (Å²) < 4.78 is 10.4. The third-order valence-corrected chi connectivity index (χ3v) is 4.49. The summed E-state index contributed by atoms with van der Waals surface area (Å²) in [6.07, 6.45) is 10.9. The lowest BCUT2D eigenvalue weighted by Gasteiger charge is -2.06. The van der Waals surface area contributed by atoms with Crippen molar-refractivity contribution in [2.24, 2.45) is 0 Å². The van der Waals surface area contributed by atoms with Crippen LogP contribution in [0, 0.1) is 0 Å². The molecule has 4 heterocycles. The van der Waals surface area contributed by atoms with Gasteiger partial charge in [-0.15, -0.1) is 0 Å². The molecule has 0 atom stereocenters. The Bertz CT molecular complexity index is 1060. The van der Waals surface area contributed by atoms with Crippen LogP contribution in [0.4, 0.5) is 0 Å². The van der Waals surface area contributed by atoms with E-state index in [1.54, 1.807) is 20.4 Å². The average Bonchev–Trinajstić information content (AvgIpc) is 3.11. The summed E-state index contributed by atoms with van der Waals surface area (Å²) in [6, 6.07) is 8.09. The van der Waals surface area contributed by atoms with E-state index in [1.165, 1.54) is 5.56 Å². The Morgan fingerprint density at radius 3 is 2.44 bits per heavy atom. The van der Waals surface area contributed by atoms with Gasteiger partial charge in [0, 0.05) is 49.1 Å². The van der Waals surface area contributed by atoms with Crippen LogP contribution in [0.3, 0.4) is 0 Å². The molecule has 4 aromatic rings. The molecule has 0 unspecified atom stereocenters. The van der Waals surface area contributed by atoms with E-state index in [4.69, 9.17) is 9.47 Å². The molecule has 0 radical (unpaired) electrons. The number of hydrogen-bond acceptors (Lipinski definition) is 5. The molecule has 0 aliphatic rings. The molecule has 0 spiro atoms. The first-order valence-electron chi connectivity index (χ1n) is 8.67. The molecule has 0 amide bonds. The van der Waals surface area contributed by atoms with Crippen LogP contribution in [0.5, 0.6) is 11.6 Å². The van der Waals surface area contributed by atoms with Crippen molar-refractivity contribution in [3.8, 4) is 11.6 Å². The van der Waals surface area contributed by atoms with Gasteiger partial charge in [0.1, 0.15) is 11.4 Å². The molecule has 0 aliphatic heterocycles. The number of hydrogen-bond donors (Lipinski definition) is 1. The second-order valence-electron chi connectivity index (χ2n) is 6.35. The second-order valence-corrected chi connectivity index (χ2v) is 6.35. The van der Waals surface area contributed by atoms with Crippen LogP contribution in [0.1, 0.15) is 22.3 Å². The summed E-state index contributed by atoms with van der Waals surface area (Å²) in [7, 11) is 3.27. The largest absolute Gasteiger partial charge is 0.495 e. The molecule has 0 aliphatic carbocycles. The van der Waals surface area contributed by atoms with Gasteiger partial charge in [0.25, 0.3) is 0 Å². The summed E-state index contributed by atoms with van der Waals surface area (Å²) in [6.45, 7) is 0. The van der Waals surface area contributed by atoms with Crippen molar-refractivity contribution in [3.05, 3.63) is 77.5 Å². The zero-order valence-corrected chi connectivity index (χ0v) is 15.3. The van der Waals surface area contributed by atoms with Crippen molar-refractivity contribution in [2.75, 3.05) is 14.2 Å². The predicted molar refractivity (Wildman–Crippen MR) is 103 cm³/mol. The Morgan fingerprint density at radius 1 is 0.852 bits per heavy atom. The summed E-state index contributed by atoms with van der Waals surface area (Å²) in [5.74, 6) is 1.37. The van der Waals surface area contributed by atoms with E-state index in [-0.39, 0.29) is 0 Å².